The Hall–Kier alpha value is -2.51. The van der Waals surface area contributed by atoms with Gasteiger partial charge in [0.15, 0.2) is 18.9 Å². The van der Waals surface area contributed by atoms with Crippen LogP contribution in [-0.4, -0.2) is 193 Å². The highest BCUT2D eigenvalue weighted by Crippen LogP contribution is 2.33. The van der Waals surface area contributed by atoms with Crippen LogP contribution in [0.15, 0.2) is 60.8 Å². The molecule has 19 heteroatoms. The summed E-state index contributed by atoms with van der Waals surface area (Å²) < 4.78 is 34.2. The molecule has 0 saturated carbocycles. The van der Waals surface area contributed by atoms with E-state index in [4.69, 9.17) is 28.4 Å². The van der Waals surface area contributed by atoms with Gasteiger partial charge in [-0.3, -0.25) is 4.79 Å². The fraction of sp³-hybridized carbons (Fsp3) is 0.828. The van der Waals surface area contributed by atoms with Gasteiger partial charge >= 0.3 is 0 Å². The molecule has 0 aliphatic carbocycles. The van der Waals surface area contributed by atoms with Crippen molar-refractivity contribution in [3.63, 3.8) is 0 Å². The number of unbranched alkanes of at least 4 members (excludes halogenated alkanes) is 24. The number of carbonyl (C=O) groups excluding carboxylic acids is 1. The zero-order chi connectivity index (χ0) is 60.5. The van der Waals surface area contributed by atoms with Crippen LogP contribution in [0.4, 0.5) is 0 Å². The van der Waals surface area contributed by atoms with Crippen molar-refractivity contribution in [3.05, 3.63) is 60.8 Å². The maximum absolute atomic E-state index is 13.3. The zero-order valence-corrected chi connectivity index (χ0v) is 50.4. The van der Waals surface area contributed by atoms with Crippen molar-refractivity contribution in [1.82, 2.24) is 5.32 Å². The highest BCUT2D eigenvalue weighted by molar-refractivity contribution is 5.76. The standard InChI is InChI=1S/C64H113NO18/c1-3-5-7-9-11-13-14-15-16-17-18-19-20-21-22-23-24-25-26-27-28-29-30-31-32-34-36-38-40-42-52(70)65-47(48(69)41-39-37-35-33-12-10-8-6-4-2)46-78-62-58(76)55(73)60(50(44-67)80-62)83-64-59(77)56(74)61(51(45-68)81-64)82-63-57(75)54(72)53(71)49(43-66)79-63/h4,6,12,14-15,17-18,33,39,41,47-51,53-64,66-69,71-77H,3,5,7-11,13,16,19-32,34-38,40,42-46H2,1-2H3,(H,65,70)/b6-4+,15-14-,18-17-,33-12+,41-39+. The molecule has 17 unspecified atom stereocenters. The molecule has 3 aliphatic rings. The van der Waals surface area contributed by atoms with E-state index in [-0.39, 0.29) is 18.9 Å². The van der Waals surface area contributed by atoms with Gasteiger partial charge in [-0.05, 0) is 71.1 Å². The van der Waals surface area contributed by atoms with E-state index in [0.29, 0.717) is 12.8 Å². The molecule has 19 nitrogen and oxygen atoms in total. The lowest BCUT2D eigenvalue weighted by Crippen LogP contribution is -2.66. The highest BCUT2D eigenvalue weighted by atomic mass is 16.8. The highest BCUT2D eigenvalue weighted by Gasteiger charge is 2.53. The fourth-order valence-electron chi connectivity index (χ4n) is 10.6. The lowest BCUT2D eigenvalue weighted by Gasteiger charge is -2.48. The summed E-state index contributed by atoms with van der Waals surface area (Å²) >= 11 is 0. The second-order valence-electron chi connectivity index (χ2n) is 22.9. The van der Waals surface area contributed by atoms with Crippen LogP contribution in [0.2, 0.25) is 0 Å². The molecule has 0 radical (unpaired) electrons. The molecule has 1 amide bonds. The average Bonchev–Trinajstić information content (AvgIpc) is 3.25. The molecule has 12 N–H and O–H groups in total. The van der Waals surface area contributed by atoms with Gasteiger partial charge in [-0.15, -0.1) is 0 Å². The van der Waals surface area contributed by atoms with Gasteiger partial charge < -0.3 is 89.9 Å². The molecule has 0 aromatic carbocycles. The summed E-state index contributed by atoms with van der Waals surface area (Å²) in [6.45, 7) is 1.44. The Balaban J connectivity index is 1.37. The van der Waals surface area contributed by atoms with E-state index in [1.165, 1.54) is 128 Å². The number of hydrogen-bond acceptors (Lipinski definition) is 18. The van der Waals surface area contributed by atoms with E-state index >= 15 is 0 Å². The summed E-state index contributed by atoms with van der Waals surface area (Å²) in [4.78, 5) is 13.3. The first kappa shape index (κ1) is 74.7. The Labute approximate surface area is 496 Å². The summed E-state index contributed by atoms with van der Waals surface area (Å²) in [7, 11) is 0. The van der Waals surface area contributed by atoms with Crippen LogP contribution in [-0.2, 0) is 33.2 Å². The SMILES string of the molecule is C/C=C/CC/C=C/CC/C=C/C(O)C(COC1OC(CO)C(OC2OC(CO)C(OC3OC(CO)C(O)C(O)C3O)C(O)C2O)C(O)C1O)NC(=O)CCCCCCCCCCCCCCCCCCC/C=C\C/C=C\CCCCCCC. The minimum absolute atomic E-state index is 0.231. The number of amides is 1. The van der Waals surface area contributed by atoms with Crippen molar-refractivity contribution in [2.75, 3.05) is 26.4 Å². The number of allylic oxidation sites excluding steroid dienone is 9. The molecule has 3 aliphatic heterocycles. The quantitative estimate of drug-likeness (QED) is 0.0220. The van der Waals surface area contributed by atoms with E-state index in [2.05, 4.69) is 54.8 Å². The maximum Gasteiger partial charge on any atom is 0.220 e. The van der Waals surface area contributed by atoms with Crippen LogP contribution in [0.3, 0.4) is 0 Å². The Bertz CT molecular complexity index is 1750. The maximum atomic E-state index is 13.3. The monoisotopic (exact) mass is 1180 g/mol. The lowest BCUT2D eigenvalue weighted by molar-refractivity contribution is -0.379. The molecular weight excluding hydrogens is 1070 g/mol. The number of nitrogens with one attached hydrogen (secondary N) is 1. The predicted molar refractivity (Wildman–Crippen MR) is 318 cm³/mol. The number of rotatable bonds is 47. The molecule has 3 saturated heterocycles. The summed E-state index contributed by atoms with van der Waals surface area (Å²) in [5, 5.41) is 120. The van der Waals surface area contributed by atoms with Crippen LogP contribution < -0.4 is 5.32 Å². The van der Waals surface area contributed by atoms with Crippen LogP contribution in [0.1, 0.15) is 206 Å². The largest absolute Gasteiger partial charge is 0.394 e. The fourth-order valence-corrected chi connectivity index (χ4v) is 10.6. The Kier molecular flexibility index (Phi) is 42.0. The molecule has 3 rings (SSSR count). The van der Waals surface area contributed by atoms with Gasteiger partial charge in [0.05, 0.1) is 38.6 Å². The van der Waals surface area contributed by atoms with E-state index in [1.54, 1.807) is 6.08 Å². The third kappa shape index (κ3) is 29.8. The van der Waals surface area contributed by atoms with Crippen molar-refractivity contribution in [2.45, 2.75) is 311 Å². The van der Waals surface area contributed by atoms with Crippen molar-refractivity contribution in [3.8, 4) is 0 Å². The third-order valence-corrected chi connectivity index (χ3v) is 15.9. The van der Waals surface area contributed by atoms with E-state index in [9.17, 15) is 61.0 Å². The van der Waals surface area contributed by atoms with Gasteiger partial charge in [-0.25, -0.2) is 0 Å². The van der Waals surface area contributed by atoms with Gasteiger partial charge in [0.2, 0.25) is 5.91 Å². The van der Waals surface area contributed by atoms with Crippen molar-refractivity contribution < 1.29 is 89.4 Å². The molecule has 3 heterocycles. The first-order chi connectivity index (χ1) is 40.3. The number of aliphatic hydroxyl groups excluding tert-OH is 11. The second-order valence-corrected chi connectivity index (χ2v) is 22.9. The van der Waals surface area contributed by atoms with E-state index in [1.807, 2.05) is 19.1 Å². The van der Waals surface area contributed by atoms with Gasteiger partial charge in [0, 0.05) is 6.42 Å². The smallest absolute Gasteiger partial charge is 0.220 e. The number of ether oxygens (including phenoxy) is 6. The Morgan fingerprint density at radius 1 is 0.458 bits per heavy atom. The molecule has 17 atom stereocenters. The number of aliphatic hydroxyl groups is 11. The summed E-state index contributed by atoms with van der Waals surface area (Å²) in [5.74, 6) is -0.293. The molecule has 0 spiro atoms. The minimum Gasteiger partial charge on any atom is -0.394 e. The van der Waals surface area contributed by atoms with Gasteiger partial charge in [-0.1, -0.05) is 190 Å². The van der Waals surface area contributed by atoms with Crippen LogP contribution in [0.25, 0.3) is 0 Å². The summed E-state index contributed by atoms with van der Waals surface area (Å²) in [6, 6.07) is -0.995. The zero-order valence-electron chi connectivity index (χ0n) is 50.4. The van der Waals surface area contributed by atoms with Gasteiger partial charge in [-0.2, -0.15) is 0 Å². The summed E-state index contributed by atoms with van der Waals surface area (Å²) in [6.07, 6.45) is 28.4. The lowest BCUT2D eigenvalue weighted by atomic mass is 9.96. The average molecular weight is 1180 g/mol. The van der Waals surface area contributed by atoms with Crippen LogP contribution in [0, 0.1) is 0 Å². The first-order valence-corrected chi connectivity index (χ1v) is 32.0. The van der Waals surface area contributed by atoms with E-state index < -0.39 is 124 Å². The Morgan fingerprint density at radius 2 is 0.855 bits per heavy atom. The normalized spacial score (nSPS) is 29.8. The molecule has 3 fully saturated rings. The van der Waals surface area contributed by atoms with Crippen LogP contribution in [0.5, 0.6) is 0 Å². The van der Waals surface area contributed by atoms with Gasteiger partial charge in [0.25, 0.3) is 0 Å². The molecule has 482 valence electrons. The van der Waals surface area contributed by atoms with Crippen molar-refractivity contribution in [2.24, 2.45) is 0 Å². The van der Waals surface area contributed by atoms with Crippen molar-refractivity contribution >= 4 is 5.91 Å². The molecule has 83 heavy (non-hydrogen) atoms. The third-order valence-electron chi connectivity index (χ3n) is 15.9. The van der Waals surface area contributed by atoms with E-state index in [0.717, 1.165) is 44.9 Å². The minimum atomic E-state index is -1.98. The molecule has 0 bridgehead atoms. The number of hydrogen-bond donors (Lipinski definition) is 12. The van der Waals surface area contributed by atoms with Crippen molar-refractivity contribution in [1.29, 1.82) is 0 Å². The molecular formula is C64H113NO18. The number of carbonyl (C=O) groups is 1. The second kappa shape index (κ2) is 46.6. The first-order valence-electron chi connectivity index (χ1n) is 32.0. The topological polar surface area (TPSA) is 307 Å². The summed E-state index contributed by atoms with van der Waals surface area (Å²) in [5.41, 5.74) is 0. The van der Waals surface area contributed by atoms with Crippen LogP contribution >= 0.6 is 0 Å². The predicted octanol–water partition coefficient (Wildman–Crippen LogP) is 6.82. The molecule has 0 aromatic rings. The molecule has 0 aromatic heterocycles. The Morgan fingerprint density at radius 3 is 1.34 bits per heavy atom. The van der Waals surface area contributed by atoms with Gasteiger partial charge in [0.1, 0.15) is 73.2 Å².